The van der Waals surface area contributed by atoms with Gasteiger partial charge in [-0.25, -0.2) is 4.98 Å². The molecule has 23 heavy (non-hydrogen) atoms. The number of aromatic nitrogens is 1. The van der Waals surface area contributed by atoms with Gasteiger partial charge in [0.15, 0.2) is 5.13 Å². The number of hydrogen-bond donors (Lipinski definition) is 1. The van der Waals surface area contributed by atoms with Crippen LogP contribution in [0, 0.1) is 0 Å². The second-order valence-corrected chi connectivity index (χ2v) is 6.20. The van der Waals surface area contributed by atoms with E-state index in [2.05, 4.69) is 16.4 Å². The van der Waals surface area contributed by atoms with Gasteiger partial charge in [-0.3, -0.25) is 4.79 Å². The van der Waals surface area contributed by atoms with Crippen LogP contribution in [-0.4, -0.2) is 28.9 Å². The van der Waals surface area contributed by atoms with Crippen molar-refractivity contribution < 1.29 is 4.79 Å². The third kappa shape index (κ3) is 3.35. The Morgan fingerprint density at radius 1 is 1.09 bits per heavy atom. The Balaban J connectivity index is 1.75. The van der Waals surface area contributed by atoms with E-state index in [1.54, 1.807) is 11.3 Å². The number of nitrogens with one attached hydrogen (secondary N) is 1. The van der Waals surface area contributed by atoms with Crippen LogP contribution in [0.3, 0.4) is 0 Å². The fourth-order valence-corrected chi connectivity index (χ4v) is 3.32. The van der Waals surface area contributed by atoms with Gasteiger partial charge < -0.3 is 10.2 Å². The van der Waals surface area contributed by atoms with Crippen molar-refractivity contribution in [1.29, 1.82) is 0 Å². The lowest BCUT2D eigenvalue weighted by atomic mass is 10.2. The van der Waals surface area contributed by atoms with Crippen molar-refractivity contribution in [3.8, 4) is 0 Å². The van der Waals surface area contributed by atoms with Gasteiger partial charge in [0, 0.05) is 24.3 Å². The first-order valence-corrected chi connectivity index (χ1v) is 8.55. The van der Waals surface area contributed by atoms with E-state index in [9.17, 15) is 4.79 Å². The molecule has 0 radical (unpaired) electrons. The maximum atomic E-state index is 12.3. The zero-order valence-electron chi connectivity index (χ0n) is 13.2. The minimum absolute atomic E-state index is 0.0709. The van der Waals surface area contributed by atoms with Gasteiger partial charge in [-0.2, -0.15) is 0 Å². The van der Waals surface area contributed by atoms with Gasteiger partial charge in [0.25, 0.3) is 5.91 Å². The van der Waals surface area contributed by atoms with E-state index >= 15 is 0 Å². The highest BCUT2D eigenvalue weighted by atomic mass is 32.1. The Labute approximate surface area is 139 Å². The molecule has 2 aromatic carbocycles. The number of hydrogen-bond acceptors (Lipinski definition) is 4. The van der Waals surface area contributed by atoms with Crippen molar-refractivity contribution in [2.24, 2.45) is 0 Å². The van der Waals surface area contributed by atoms with Gasteiger partial charge in [-0.1, -0.05) is 23.5 Å². The lowest BCUT2D eigenvalue weighted by molar-refractivity contribution is 0.0773. The molecule has 0 aliphatic carbocycles. The summed E-state index contributed by atoms with van der Waals surface area (Å²) in [6, 6.07) is 15.6. The molecule has 1 N–H and O–H groups in total. The third-order valence-corrected chi connectivity index (χ3v) is 4.68. The number of para-hydroxylation sites is 1. The van der Waals surface area contributed by atoms with Crippen LogP contribution in [0.4, 0.5) is 10.8 Å². The van der Waals surface area contributed by atoms with E-state index in [-0.39, 0.29) is 5.91 Å². The van der Waals surface area contributed by atoms with Crippen LogP contribution in [0.15, 0.2) is 48.5 Å². The molecule has 0 atom stereocenters. The average Bonchev–Trinajstić information content (AvgIpc) is 2.98. The fourth-order valence-electron chi connectivity index (χ4n) is 2.44. The molecule has 3 aromatic rings. The molecule has 5 heteroatoms. The molecule has 0 fully saturated rings. The van der Waals surface area contributed by atoms with Crippen LogP contribution in [-0.2, 0) is 0 Å². The Hall–Kier alpha value is -2.40. The zero-order valence-corrected chi connectivity index (χ0v) is 14.1. The van der Waals surface area contributed by atoms with E-state index in [4.69, 9.17) is 0 Å². The van der Waals surface area contributed by atoms with Gasteiger partial charge in [0.2, 0.25) is 0 Å². The number of benzene rings is 2. The van der Waals surface area contributed by atoms with Gasteiger partial charge in [-0.05, 0) is 50.2 Å². The maximum Gasteiger partial charge on any atom is 0.253 e. The van der Waals surface area contributed by atoms with Crippen LogP contribution < -0.4 is 5.32 Å². The summed E-state index contributed by atoms with van der Waals surface area (Å²) in [6.45, 7) is 5.43. The average molecular weight is 325 g/mol. The first kappa shape index (κ1) is 15.5. The number of amides is 1. The molecule has 4 nitrogen and oxygen atoms in total. The monoisotopic (exact) mass is 325 g/mol. The number of carbonyl (C=O) groups is 1. The molecule has 118 valence electrons. The van der Waals surface area contributed by atoms with Gasteiger partial charge in [-0.15, -0.1) is 0 Å². The number of anilines is 2. The zero-order chi connectivity index (χ0) is 16.2. The number of carbonyl (C=O) groups excluding carboxylic acids is 1. The lowest BCUT2D eigenvalue weighted by Gasteiger charge is -2.18. The van der Waals surface area contributed by atoms with E-state index in [1.807, 2.05) is 61.2 Å². The van der Waals surface area contributed by atoms with Crippen molar-refractivity contribution in [3.63, 3.8) is 0 Å². The predicted octanol–water partition coefficient (Wildman–Crippen LogP) is 4.52. The van der Waals surface area contributed by atoms with Crippen molar-refractivity contribution in [2.45, 2.75) is 13.8 Å². The molecule has 1 aromatic heterocycles. The lowest BCUT2D eigenvalue weighted by Crippen LogP contribution is -2.30. The smallest absolute Gasteiger partial charge is 0.253 e. The largest absolute Gasteiger partial charge is 0.339 e. The molecule has 3 rings (SSSR count). The molecular formula is C18H19N3OS. The topological polar surface area (TPSA) is 45.2 Å². The SMILES string of the molecule is CCN(CC)C(=O)c1ccc(Nc2nc3ccccc3s2)cc1. The van der Waals surface area contributed by atoms with Gasteiger partial charge in [0.1, 0.15) is 0 Å². The summed E-state index contributed by atoms with van der Waals surface area (Å²) in [6.07, 6.45) is 0. The van der Waals surface area contributed by atoms with E-state index in [1.165, 1.54) is 0 Å². The molecule has 0 saturated heterocycles. The van der Waals surface area contributed by atoms with Crippen molar-refractivity contribution >= 4 is 38.3 Å². The molecule has 0 aliphatic heterocycles. The molecule has 0 aliphatic rings. The number of nitrogens with zero attached hydrogens (tertiary/aromatic N) is 2. The third-order valence-electron chi connectivity index (χ3n) is 3.73. The van der Waals surface area contributed by atoms with E-state index < -0.39 is 0 Å². The number of fused-ring (bicyclic) bond motifs is 1. The number of thiazole rings is 1. The highest BCUT2D eigenvalue weighted by molar-refractivity contribution is 7.22. The Morgan fingerprint density at radius 3 is 2.43 bits per heavy atom. The first-order chi connectivity index (χ1) is 11.2. The fraction of sp³-hybridized carbons (Fsp3) is 0.222. The Bertz CT molecular complexity index is 774. The molecular weight excluding hydrogens is 306 g/mol. The van der Waals surface area contributed by atoms with Crippen molar-refractivity contribution in [1.82, 2.24) is 9.88 Å². The second kappa shape index (κ2) is 6.79. The van der Waals surface area contributed by atoms with Crippen molar-refractivity contribution in [2.75, 3.05) is 18.4 Å². The normalized spacial score (nSPS) is 10.7. The standard InChI is InChI=1S/C18H19N3OS/c1-3-21(4-2)17(22)13-9-11-14(12-10-13)19-18-20-15-7-5-6-8-16(15)23-18/h5-12H,3-4H2,1-2H3,(H,19,20). The van der Waals surface area contributed by atoms with Crippen molar-refractivity contribution in [3.05, 3.63) is 54.1 Å². The molecule has 0 saturated carbocycles. The quantitative estimate of drug-likeness (QED) is 0.750. The molecule has 0 unspecified atom stereocenters. The molecule has 0 bridgehead atoms. The predicted molar refractivity (Wildman–Crippen MR) is 96.6 cm³/mol. The van der Waals surface area contributed by atoms with Crippen LogP contribution >= 0.6 is 11.3 Å². The first-order valence-electron chi connectivity index (χ1n) is 7.73. The van der Waals surface area contributed by atoms with Crippen LogP contribution in [0.1, 0.15) is 24.2 Å². The second-order valence-electron chi connectivity index (χ2n) is 5.17. The van der Waals surface area contributed by atoms with Crippen LogP contribution in [0.25, 0.3) is 10.2 Å². The summed E-state index contributed by atoms with van der Waals surface area (Å²) in [5, 5.41) is 4.15. The van der Waals surface area contributed by atoms with Crippen LogP contribution in [0.2, 0.25) is 0 Å². The highest BCUT2D eigenvalue weighted by Crippen LogP contribution is 2.28. The van der Waals surface area contributed by atoms with E-state index in [0.29, 0.717) is 5.56 Å². The Kier molecular flexibility index (Phi) is 4.57. The summed E-state index contributed by atoms with van der Waals surface area (Å²) in [5.41, 5.74) is 2.64. The minimum Gasteiger partial charge on any atom is -0.339 e. The number of rotatable bonds is 5. The maximum absolute atomic E-state index is 12.3. The summed E-state index contributed by atoms with van der Waals surface area (Å²) < 4.78 is 1.16. The van der Waals surface area contributed by atoms with Gasteiger partial charge >= 0.3 is 0 Å². The van der Waals surface area contributed by atoms with Crippen LogP contribution in [0.5, 0.6) is 0 Å². The highest BCUT2D eigenvalue weighted by Gasteiger charge is 2.12. The summed E-state index contributed by atoms with van der Waals surface area (Å²) in [7, 11) is 0. The molecule has 1 amide bonds. The Morgan fingerprint density at radius 2 is 1.78 bits per heavy atom. The van der Waals surface area contributed by atoms with Gasteiger partial charge in [0.05, 0.1) is 10.2 Å². The summed E-state index contributed by atoms with van der Waals surface area (Å²) in [5.74, 6) is 0.0709. The summed E-state index contributed by atoms with van der Waals surface area (Å²) >= 11 is 1.62. The molecule has 0 spiro atoms. The summed E-state index contributed by atoms with van der Waals surface area (Å²) in [4.78, 5) is 18.7. The molecule has 1 heterocycles. The van der Waals surface area contributed by atoms with E-state index in [0.717, 1.165) is 34.1 Å². The minimum atomic E-state index is 0.0709.